The molecule has 0 aliphatic rings. The second-order valence-electron chi connectivity index (χ2n) is 3.75. The van der Waals surface area contributed by atoms with E-state index in [2.05, 4.69) is 0 Å². The van der Waals surface area contributed by atoms with Gasteiger partial charge in [-0.3, -0.25) is 4.79 Å². The first-order valence-corrected chi connectivity index (χ1v) is 6.00. The molecule has 1 aromatic rings. The van der Waals surface area contributed by atoms with Crippen molar-refractivity contribution in [3.8, 4) is 0 Å². The lowest BCUT2D eigenvalue weighted by molar-refractivity contribution is -0.116. The van der Waals surface area contributed by atoms with Gasteiger partial charge in [-0.15, -0.1) is 0 Å². The molecule has 0 saturated heterocycles. The molecule has 0 atom stereocenters. The summed E-state index contributed by atoms with van der Waals surface area (Å²) in [6.45, 7) is 1.32. The number of imide groups is 1. The molecule has 0 aliphatic carbocycles. The van der Waals surface area contributed by atoms with Crippen LogP contribution in [0.25, 0.3) is 0 Å². The third-order valence-electron chi connectivity index (χ3n) is 2.46. The van der Waals surface area contributed by atoms with Gasteiger partial charge in [-0.05, 0) is 31.0 Å². The lowest BCUT2D eigenvalue weighted by Crippen LogP contribution is -2.41. The second kappa shape index (κ2) is 7.50. The minimum Gasteiger partial charge on any atom is -0.449 e. The van der Waals surface area contributed by atoms with Crippen LogP contribution < -0.4 is 10.6 Å². The zero-order valence-corrected chi connectivity index (χ0v) is 10.8. The maximum absolute atomic E-state index is 11.7. The van der Waals surface area contributed by atoms with Gasteiger partial charge in [0.2, 0.25) is 5.91 Å². The van der Waals surface area contributed by atoms with E-state index in [1.165, 1.54) is 0 Å². The summed E-state index contributed by atoms with van der Waals surface area (Å²) in [4.78, 5) is 24.3. The quantitative estimate of drug-likeness (QED) is 0.863. The molecule has 103 valence electrons. The molecule has 0 heterocycles. The number of carbonyl (C=O) groups is 2. The highest BCUT2D eigenvalue weighted by Crippen LogP contribution is 2.17. The van der Waals surface area contributed by atoms with Crippen molar-refractivity contribution in [2.45, 2.75) is 13.3 Å². The van der Waals surface area contributed by atoms with Gasteiger partial charge in [0.15, 0.2) is 0 Å². The van der Waals surface area contributed by atoms with E-state index in [0.29, 0.717) is 12.1 Å². The third-order valence-corrected chi connectivity index (χ3v) is 2.46. The van der Waals surface area contributed by atoms with Crippen molar-refractivity contribution >= 4 is 17.7 Å². The highest BCUT2D eigenvalue weighted by molar-refractivity contribution is 6.12. The van der Waals surface area contributed by atoms with Crippen LogP contribution in [0.4, 0.5) is 10.5 Å². The molecule has 0 bridgehead atoms. The predicted octanol–water partition coefficient (Wildman–Crippen LogP) is 1.11. The maximum Gasteiger partial charge on any atom is 0.421 e. The van der Waals surface area contributed by atoms with Gasteiger partial charge < -0.3 is 10.5 Å². The number of rotatable bonds is 5. The van der Waals surface area contributed by atoms with Crippen LogP contribution in [0.1, 0.15) is 12.5 Å². The van der Waals surface area contributed by atoms with Crippen molar-refractivity contribution in [3.63, 3.8) is 0 Å². The number of nitrogens with zero attached hydrogens (tertiary/aromatic N) is 1. The summed E-state index contributed by atoms with van der Waals surface area (Å²) in [5.41, 5.74) is 6.51. The van der Waals surface area contributed by atoms with E-state index in [0.717, 1.165) is 10.5 Å². The van der Waals surface area contributed by atoms with Crippen molar-refractivity contribution in [2.75, 3.05) is 24.7 Å². The fraction of sp³-hybridized carbons (Fsp3) is 0.385. The van der Waals surface area contributed by atoms with Crippen LogP contribution in [-0.4, -0.2) is 31.8 Å². The lowest BCUT2D eigenvalue weighted by Gasteiger charge is -2.19. The van der Waals surface area contributed by atoms with Crippen molar-refractivity contribution < 1.29 is 19.4 Å². The van der Waals surface area contributed by atoms with E-state index in [4.69, 9.17) is 10.5 Å². The van der Waals surface area contributed by atoms with Gasteiger partial charge >= 0.3 is 6.09 Å². The Morgan fingerprint density at radius 3 is 2.37 bits per heavy atom. The van der Waals surface area contributed by atoms with E-state index >= 15 is 0 Å². The largest absolute Gasteiger partial charge is 0.449 e. The van der Waals surface area contributed by atoms with Gasteiger partial charge in [0.05, 0.1) is 25.4 Å². The molecule has 6 nitrogen and oxygen atoms in total. The number of ether oxygens (including phenoxy) is 1. The molecule has 0 fully saturated rings. The van der Waals surface area contributed by atoms with Crippen LogP contribution in [0.3, 0.4) is 0 Å². The Hall–Kier alpha value is -1.92. The molecule has 2 amide bonds. The third kappa shape index (κ3) is 4.04. The van der Waals surface area contributed by atoms with E-state index in [1.54, 1.807) is 31.2 Å². The molecule has 0 saturated carbocycles. The molecule has 0 unspecified atom stereocenters. The average molecular weight is 265 g/mol. The van der Waals surface area contributed by atoms with Crippen LogP contribution in [0.5, 0.6) is 0 Å². The zero-order valence-electron chi connectivity index (χ0n) is 10.8. The number of benzene rings is 1. The molecule has 0 spiro atoms. The number of hydrogen-bond donors (Lipinski definition) is 1. The second-order valence-corrected chi connectivity index (χ2v) is 3.75. The van der Waals surface area contributed by atoms with Gasteiger partial charge in [-0.25, -0.2) is 14.8 Å². The van der Waals surface area contributed by atoms with E-state index in [-0.39, 0.29) is 19.8 Å². The van der Waals surface area contributed by atoms with Gasteiger partial charge in [0.1, 0.15) is 0 Å². The van der Waals surface area contributed by atoms with Crippen molar-refractivity contribution in [3.05, 3.63) is 29.8 Å². The Morgan fingerprint density at radius 1 is 1.26 bits per heavy atom. The summed E-state index contributed by atoms with van der Waals surface area (Å²) in [6, 6.07) is 6.58. The molecule has 2 N–H and O–H groups in total. The molecule has 0 aliphatic heterocycles. The van der Waals surface area contributed by atoms with Crippen LogP contribution in [0.2, 0.25) is 0 Å². The average Bonchev–Trinajstić information content (AvgIpc) is 2.41. The highest BCUT2D eigenvalue weighted by Gasteiger charge is 2.23. The molecule has 19 heavy (non-hydrogen) atoms. The standard InChI is InChI=1S/C13H17N2O4/c1-2-19-13(18)15(12(17)9-14)11-5-3-10(4-6-11)7-8-16/h3-6H,2,7-9,14H2,1H3. The number of amides is 2. The van der Waals surface area contributed by atoms with Crippen LogP contribution >= 0.6 is 0 Å². The fourth-order valence-electron chi connectivity index (χ4n) is 1.56. The molecule has 1 rings (SSSR count). The number of hydrogen-bond acceptors (Lipinski definition) is 4. The molecular weight excluding hydrogens is 248 g/mol. The minimum atomic E-state index is -0.755. The number of anilines is 1. The van der Waals surface area contributed by atoms with Crippen LogP contribution in [0, 0.1) is 0 Å². The summed E-state index contributed by atoms with van der Waals surface area (Å²) < 4.78 is 4.82. The number of nitrogens with two attached hydrogens (primary N) is 1. The van der Waals surface area contributed by atoms with Crippen LogP contribution in [0.15, 0.2) is 24.3 Å². The summed E-state index contributed by atoms with van der Waals surface area (Å²) in [6.07, 6.45) is -0.348. The summed E-state index contributed by atoms with van der Waals surface area (Å²) >= 11 is 0. The Balaban J connectivity index is 2.97. The van der Waals surface area contributed by atoms with Gasteiger partial charge in [-0.2, -0.15) is 0 Å². The molecule has 6 heteroatoms. The van der Waals surface area contributed by atoms with Crippen molar-refractivity contribution in [1.29, 1.82) is 0 Å². The minimum absolute atomic E-state index is 0.168. The van der Waals surface area contributed by atoms with Crippen molar-refractivity contribution in [1.82, 2.24) is 0 Å². The van der Waals surface area contributed by atoms with Crippen LogP contribution in [-0.2, 0) is 21.1 Å². The monoisotopic (exact) mass is 265 g/mol. The SMILES string of the molecule is CCOC(=O)N(C(=O)CN)c1ccc(CC[O])cc1. The smallest absolute Gasteiger partial charge is 0.421 e. The van der Waals surface area contributed by atoms with E-state index < -0.39 is 12.0 Å². The first-order chi connectivity index (χ1) is 9.13. The molecule has 0 aromatic heterocycles. The normalized spacial score (nSPS) is 10.1. The molecule has 1 radical (unpaired) electrons. The summed E-state index contributed by atoms with van der Waals surface area (Å²) in [5.74, 6) is -0.546. The first-order valence-electron chi connectivity index (χ1n) is 6.00. The fourth-order valence-corrected chi connectivity index (χ4v) is 1.56. The molecule has 1 aromatic carbocycles. The topological polar surface area (TPSA) is 92.5 Å². The highest BCUT2D eigenvalue weighted by atomic mass is 16.6. The van der Waals surface area contributed by atoms with Gasteiger partial charge in [0.25, 0.3) is 0 Å². The van der Waals surface area contributed by atoms with Crippen molar-refractivity contribution in [2.24, 2.45) is 5.73 Å². The Kier molecular flexibility index (Phi) is 5.98. The van der Waals surface area contributed by atoms with E-state index in [1.807, 2.05) is 0 Å². The van der Waals surface area contributed by atoms with E-state index in [9.17, 15) is 14.7 Å². The lowest BCUT2D eigenvalue weighted by atomic mass is 10.1. The van der Waals surface area contributed by atoms with Gasteiger partial charge in [-0.1, -0.05) is 12.1 Å². The number of carbonyl (C=O) groups excluding carboxylic acids is 2. The Bertz CT molecular complexity index is 431. The Morgan fingerprint density at radius 2 is 1.89 bits per heavy atom. The zero-order chi connectivity index (χ0) is 14.3. The maximum atomic E-state index is 11.7. The summed E-state index contributed by atoms with van der Waals surface area (Å²) in [7, 11) is 0. The summed E-state index contributed by atoms with van der Waals surface area (Å²) in [5, 5.41) is 10.5. The molecular formula is C13H17N2O4. The predicted molar refractivity (Wildman–Crippen MR) is 69.3 cm³/mol. The first kappa shape index (κ1) is 15.1. The van der Waals surface area contributed by atoms with Gasteiger partial charge in [0, 0.05) is 0 Å². The Labute approximate surface area is 111 Å².